The SMILES string of the molecule is O=C(NCC1(O)CCCCC1)c1cc[nH]c(=O)c1. The molecule has 0 aromatic carbocycles. The van der Waals surface area contributed by atoms with Gasteiger partial charge in [0.2, 0.25) is 5.56 Å². The highest BCUT2D eigenvalue weighted by molar-refractivity contribution is 5.93. The molecule has 1 saturated carbocycles. The van der Waals surface area contributed by atoms with E-state index < -0.39 is 5.60 Å². The summed E-state index contributed by atoms with van der Waals surface area (Å²) in [4.78, 5) is 25.3. The van der Waals surface area contributed by atoms with Crippen molar-refractivity contribution in [2.45, 2.75) is 37.7 Å². The molecule has 1 fully saturated rings. The molecule has 0 aliphatic heterocycles. The van der Waals surface area contributed by atoms with E-state index in [1.807, 2.05) is 0 Å². The molecule has 1 aliphatic carbocycles. The Morgan fingerprint density at radius 1 is 1.39 bits per heavy atom. The molecule has 5 nitrogen and oxygen atoms in total. The number of nitrogens with one attached hydrogen (secondary N) is 2. The second kappa shape index (κ2) is 5.35. The zero-order chi connectivity index (χ0) is 13.0. The van der Waals surface area contributed by atoms with Gasteiger partial charge < -0.3 is 15.4 Å². The molecule has 1 aromatic rings. The average Bonchev–Trinajstić information content (AvgIpc) is 2.37. The Morgan fingerprint density at radius 2 is 2.11 bits per heavy atom. The van der Waals surface area contributed by atoms with Crippen molar-refractivity contribution < 1.29 is 9.90 Å². The van der Waals surface area contributed by atoms with E-state index in [-0.39, 0.29) is 18.0 Å². The lowest BCUT2D eigenvalue weighted by Crippen LogP contribution is -2.44. The standard InChI is InChI=1S/C13H18N2O3/c16-11-8-10(4-7-14-11)12(17)15-9-13(18)5-2-1-3-6-13/h4,7-8,18H,1-3,5-6,9H2,(H,14,16)(H,15,17). The van der Waals surface area contributed by atoms with Crippen LogP contribution in [0.1, 0.15) is 42.5 Å². The molecular formula is C13H18N2O3. The molecule has 0 atom stereocenters. The maximum absolute atomic E-state index is 11.8. The fourth-order valence-electron chi connectivity index (χ4n) is 2.32. The summed E-state index contributed by atoms with van der Waals surface area (Å²) >= 11 is 0. The number of amides is 1. The number of pyridine rings is 1. The van der Waals surface area contributed by atoms with Gasteiger partial charge in [-0.2, -0.15) is 0 Å². The normalized spacial score (nSPS) is 18.3. The first-order valence-electron chi connectivity index (χ1n) is 6.28. The predicted octanol–water partition coefficient (Wildman–Crippen LogP) is 0.800. The topological polar surface area (TPSA) is 82.2 Å². The maximum atomic E-state index is 11.8. The number of aliphatic hydroxyl groups is 1. The van der Waals surface area contributed by atoms with Gasteiger partial charge in [0.1, 0.15) is 0 Å². The Balaban J connectivity index is 1.94. The van der Waals surface area contributed by atoms with Crippen molar-refractivity contribution in [1.29, 1.82) is 0 Å². The van der Waals surface area contributed by atoms with Crippen molar-refractivity contribution in [3.63, 3.8) is 0 Å². The van der Waals surface area contributed by atoms with E-state index in [4.69, 9.17) is 0 Å². The number of carbonyl (C=O) groups excluding carboxylic acids is 1. The van der Waals surface area contributed by atoms with Gasteiger partial charge in [-0.1, -0.05) is 19.3 Å². The first-order chi connectivity index (χ1) is 8.59. The molecule has 3 N–H and O–H groups in total. The van der Waals surface area contributed by atoms with E-state index in [1.165, 1.54) is 12.3 Å². The monoisotopic (exact) mass is 250 g/mol. The van der Waals surface area contributed by atoms with Crippen molar-refractivity contribution in [1.82, 2.24) is 10.3 Å². The summed E-state index contributed by atoms with van der Waals surface area (Å²) in [6.07, 6.45) is 6.02. The van der Waals surface area contributed by atoms with Crippen LogP contribution in [0.3, 0.4) is 0 Å². The first-order valence-corrected chi connectivity index (χ1v) is 6.28. The van der Waals surface area contributed by atoms with Crippen LogP contribution < -0.4 is 10.9 Å². The van der Waals surface area contributed by atoms with Gasteiger partial charge >= 0.3 is 0 Å². The second-order valence-electron chi connectivity index (χ2n) is 4.91. The van der Waals surface area contributed by atoms with E-state index in [2.05, 4.69) is 10.3 Å². The van der Waals surface area contributed by atoms with Crippen molar-refractivity contribution in [2.24, 2.45) is 0 Å². The molecule has 0 unspecified atom stereocenters. The van der Waals surface area contributed by atoms with E-state index in [0.717, 1.165) is 32.1 Å². The lowest BCUT2D eigenvalue weighted by Gasteiger charge is -2.32. The summed E-state index contributed by atoms with van der Waals surface area (Å²) in [5.41, 5.74) is -0.771. The summed E-state index contributed by atoms with van der Waals surface area (Å²) in [5, 5.41) is 12.9. The fourth-order valence-corrected chi connectivity index (χ4v) is 2.32. The molecule has 2 rings (SSSR count). The number of carbonyl (C=O) groups is 1. The molecule has 1 heterocycles. The number of hydrogen-bond acceptors (Lipinski definition) is 3. The molecule has 1 aromatic heterocycles. The van der Waals surface area contributed by atoms with Crippen LogP contribution in [0.5, 0.6) is 0 Å². The van der Waals surface area contributed by atoms with Crippen LogP contribution in [-0.2, 0) is 0 Å². The van der Waals surface area contributed by atoms with Gasteiger partial charge in [-0.25, -0.2) is 0 Å². The Labute approximate surface area is 105 Å². The van der Waals surface area contributed by atoms with Crippen molar-refractivity contribution >= 4 is 5.91 Å². The van der Waals surface area contributed by atoms with Crippen LogP contribution in [0, 0.1) is 0 Å². The van der Waals surface area contributed by atoms with Crippen LogP contribution in [-0.4, -0.2) is 28.1 Å². The Morgan fingerprint density at radius 3 is 2.78 bits per heavy atom. The van der Waals surface area contributed by atoms with Crippen LogP contribution in [0.2, 0.25) is 0 Å². The minimum atomic E-state index is -0.783. The number of aromatic amines is 1. The third kappa shape index (κ3) is 3.20. The van der Waals surface area contributed by atoms with E-state index >= 15 is 0 Å². The quantitative estimate of drug-likeness (QED) is 0.742. The number of aromatic nitrogens is 1. The molecule has 98 valence electrons. The highest BCUT2D eigenvalue weighted by Gasteiger charge is 2.29. The molecule has 5 heteroatoms. The van der Waals surface area contributed by atoms with E-state index in [0.29, 0.717) is 5.56 Å². The molecule has 0 bridgehead atoms. The van der Waals surface area contributed by atoms with Gasteiger partial charge in [0.05, 0.1) is 5.60 Å². The Bertz CT molecular complexity index is 475. The minimum absolute atomic E-state index is 0.249. The van der Waals surface area contributed by atoms with Crippen molar-refractivity contribution in [2.75, 3.05) is 6.54 Å². The largest absolute Gasteiger partial charge is 0.388 e. The molecule has 1 amide bonds. The molecule has 1 aliphatic rings. The van der Waals surface area contributed by atoms with Gasteiger partial charge in [-0.05, 0) is 18.9 Å². The zero-order valence-corrected chi connectivity index (χ0v) is 10.2. The minimum Gasteiger partial charge on any atom is -0.388 e. The summed E-state index contributed by atoms with van der Waals surface area (Å²) in [5.74, 6) is -0.319. The maximum Gasteiger partial charge on any atom is 0.251 e. The summed E-state index contributed by atoms with van der Waals surface area (Å²) in [6.45, 7) is 0.249. The predicted molar refractivity (Wildman–Crippen MR) is 67.4 cm³/mol. The average molecular weight is 250 g/mol. The van der Waals surface area contributed by atoms with Crippen molar-refractivity contribution in [3.05, 3.63) is 34.2 Å². The van der Waals surface area contributed by atoms with E-state index in [1.54, 1.807) is 6.07 Å². The molecule has 0 saturated heterocycles. The van der Waals surface area contributed by atoms with Crippen LogP contribution in [0.15, 0.2) is 23.1 Å². The first kappa shape index (κ1) is 12.8. The summed E-state index contributed by atoms with van der Waals surface area (Å²) < 4.78 is 0. The highest BCUT2D eigenvalue weighted by atomic mass is 16.3. The number of H-pyrrole nitrogens is 1. The number of hydrogen-bond donors (Lipinski definition) is 3. The van der Waals surface area contributed by atoms with Crippen molar-refractivity contribution in [3.8, 4) is 0 Å². The Kier molecular flexibility index (Phi) is 3.81. The zero-order valence-electron chi connectivity index (χ0n) is 10.2. The molecule has 0 spiro atoms. The van der Waals surface area contributed by atoms with Gasteiger partial charge in [0.15, 0.2) is 0 Å². The molecule has 0 radical (unpaired) electrons. The van der Waals surface area contributed by atoms with Crippen LogP contribution in [0.4, 0.5) is 0 Å². The van der Waals surface area contributed by atoms with Gasteiger partial charge in [0, 0.05) is 24.4 Å². The molecular weight excluding hydrogens is 232 g/mol. The van der Waals surface area contributed by atoms with E-state index in [9.17, 15) is 14.7 Å². The highest BCUT2D eigenvalue weighted by Crippen LogP contribution is 2.27. The lowest BCUT2D eigenvalue weighted by molar-refractivity contribution is 0.00525. The lowest BCUT2D eigenvalue weighted by atomic mass is 9.85. The summed E-state index contributed by atoms with van der Waals surface area (Å²) in [6, 6.07) is 2.79. The third-order valence-corrected chi connectivity index (χ3v) is 3.40. The van der Waals surface area contributed by atoms with Crippen LogP contribution in [0.25, 0.3) is 0 Å². The third-order valence-electron chi connectivity index (χ3n) is 3.40. The van der Waals surface area contributed by atoms with Gasteiger partial charge in [-0.3, -0.25) is 9.59 Å². The fraction of sp³-hybridized carbons (Fsp3) is 0.538. The Hall–Kier alpha value is -1.62. The summed E-state index contributed by atoms with van der Waals surface area (Å²) in [7, 11) is 0. The van der Waals surface area contributed by atoms with Crippen LogP contribution >= 0.6 is 0 Å². The van der Waals surface area contributed by atoms with Gasteiger partial charge in [-0.15, -0.1) is 0 Å². The number of rotatable bonds is 3. The smallest absolute Gasteiger partial charge is 0.251 e. The van der Waals surface area contributed by atoms with Gasteiger partial charge in [0.25, 0.3) is 5.91 Å². The second-order valence-corrected chi connectivity index (χ2v) is 4.91. The molecule has 18 heavy (non-hydrogen) atoms.